The van der Waals surface area contributed by atoms with Gasteiger partial charge in [-0.05, 0) is 43.1 Å². The van der Waals surface area contributed by atoms with Crippen LogP contribution in [-0.2, 0) is 0 Å². The van der Waals surface area contributed by atoms with Gasteiger partial charge in [0.2, 0.25) is 0 Å². The molecule has 1 rings (SSSR count). The zero-order valence-electron chi connectivity index (χ0n) is 13.2. The topological polar surface area (TPSA) is 38.5 Å². The van der Waals surface area contributed by atoms with Gasteiger partial charge < -0.3 is 10.5 Å². The van der Waals surface area contributed by atoms with Gasteiger partial charge in [-0.3, -0.25) is 4.90 Å². The van der Waals surface area contributed by atoms with Crippen LogP contribution in [0.25, 0.3) is 0 Å². The third-order valence-electron chi connectivity index (χ3n) is 3.30. The first-order valence-corrected chi connectivity index (χ1v) is 8.14. The van der Waals surface area contributed by atoms with E-state index in [1.54, 1.807) is 18.2 Å². The van der Waals surface area contributed by atoms with E-state index >= 15 is 0 Å². The van der Waals surface area contributed by atoms with E-state index in [1.807, 2.05) is 0 Å². The Bertz CT molecular complexity index is 438. The summed E-state index contributed by atoms with van der Waals surface area (Å²) >= 11 is 12.0. The van der Waals surface area contributed by atoms with Gasteiger partial charge in [0.1, 0.15) is 12.4 Å². The minimum Gasteiger partial charge on any atom is -0.491 e. The van der Waals surface area contributed by atoms with Crippen LogP contribution in [0.4, 0.5) is 0 Å². The Morgan fingerprint density at radius 2 is 1.95 bits per heavy atom. The molecule has 0 aromatic heterocycles. The van der Waals surface area contributed by atoms with Crippen molar-refractivity contribution >= 4 is 23.2 Å². The molecule has 0 aliphatic rings. The van der Waals surface area contributed by atoms with E-state index in [4.69, 9.17) is 33.7 Å². The molecule has 1 aromatic carbocycles. The van der Waals surface area contributed by atoms with E-state index in [1.165, 1.54) is 0 Å². The number of benzene rings is 1. The summed E-state index contributed by atoms with van der Waals surface area (Å²) in [4.78, 5) is 2.39. The van der Waals surface area contributed by atoms with Crippen LogP contribution >= 0.6 is 23.2 Å². The Hall–Kier alpha value is -0.480. The van der Waals surface area contributed by atoms with Crippen molar-refractivity contribution < 1.29 is 4.74 Å². The molecule has 0 heterocycles. The average molecular weight is 333 g/mol. The third kappa shape index (κ3) is 6.88. The minimum atomic E-state index is 0.118. The highest BCUT2D eigenvalue weighted by Crippen LogP contribution is 2.27. The van der Waals surface area contributed by atoms with E-state index in [9.17, 15) is 0 Å². The Morgan fingerprint density at radius 1 is 1.24 bits per heavy atom. The monoisotopic (exact) mass is 332 g/mol. The van der Waals surface area contributed by atoms with Crippen molar-refractivity contribution in [3.8, 4) is 5.75 Å². The van der Waals surface area contributed by atoms with Gasteiger partial charge >= 0.3 is 0 Å². The SMILES string of the molecule is CCCN(CCOc1ccc(Cl)cc1Cl)CC(C)(C)CN. The van der Waals surface area contributed by atoms with Crippen molar-refractivity contribution in [2.24, 2.45) is 11.1 Å². The van der Waals surface area contributed by atoms with E-state index in [2.05, 4.69) is 25.7 Å². The predicted molar refractivity (Wildman–Crippen MR) is 91.5 cm³/mol. The lowest BCUT2D eigenvalue weighted by atomic mass is 9.93. The van der Waals surface area contributed by atoms with E-state index in [0.717, 1.165) is 26.1 Å². The van der Waals surface area contributed by atoms with Crippen molar-refractivity contribution in [1.29, 1.82) is 0 Å². The second kappa shape index (κ2) is 8.84. The second-order valence-corrected chi connectivity index (χ2v) is 6.91. The van der Waals surface area contributed by atoms with Gasteiger partial charge in [0.25, 0.3) is 0 Å². The van der Waals surface area contributed by atoms with E-state index in [-0.39, 0.29) is 5.41 Å². The molecule has 120 valence electrons. The molecule has 0 amide bonds. The van der Waals surface area contributed by atoms with Crippen LogP contribution in [0.3, 0.4) is 0 Å². The summed E-state index contributed by atoms with van der Waals surface area (Å²) in [7, 11) is 0. The quantitative estimate of drug-likeness (QED) is 0.740. The number of hydrogen-bond donors (Lipinski definition) is 1. The highest BCUT2D eigenvalue weighted by atomic mass is 35.5. The average Bonchev–Trinajstić information content (AvgIpc) is 2.41. The number of halogens is 2. The number of rotatable bonds is 9. The number of nitrogens with two attached hydrogens (primary N) is 1. The fourth-order valence-corrected chi connectivity index (χ4v) is 2.60. The molecule has 0 saturated carbocycles. The van der Waals surface area contributed by atoms with Crippen molar-refractivity contribution in [2.75, 3.05) is 32.8 Å². The highest BCUT2D eigenvalue weighted by molar-refractivity contribution is 6.35. The molecule has 0 saturated heterocycles. The summed E-state index contributed by atoms with van der Waals surface area (Å²) in [5, 5.41) is 1.16. The molecule has 3 nitrogen and oxygen atoms in total. The Kier molecular flexibility index (Phi) is 7.82. The third-order valence-corrected chi connectivity index (χ3v) is 3.83. The minimum absolute atomic E-state index is 0.118. The van der Waals surface area contributed by atoms with Crippen LogP contribution in [0.15, 0.2) is 18.2 Å². The fraction of sp³-hybridized carbons (Fsp3) is 0.625. The standard InChI is InChI=1S/C16H26Cl2N2O/c1-4-7-20(12-16(2,3)11-19)8-9-21-15-6-5-13(17)10-14(15)18/h5-6,10H,4,7-9,11-12,19H2,1-3H3. The first-order valence-electron chi connectivity index (χ1n) is 7.38. The molecule has 0 aliphatic carbocycles. The van der Waals surface area contributed by atoms with Gasteiger partial charge in [-0.2, -0.15) is 0 Å². The Labute approximate surface area is 138 Å². The Balaban J connectivity index is 2.49. The van der Waals surface area contributed by atoms with Gasteiger partial charge in [0.15, 0.2) is 0 Å². The summed E-state index contributed by atoms with van der Waals surface area (Å²) < 4.78 is 5.75. The molecule has 5 heteroatoms. The van der Waals surface area contributed by atoms with Crippen LogP contribution in [0, 0.1) is 5.41 Å². The maximum atomic E-state index is 6.10. The van der Waals surface area contributed by atoms with Crippen molar-refractivity contribution in [2.45, 2.75) is 27.2 Å². The summed E-state index contributed by atoms with van der Waals surface area (Å²) in [5.41, 5.74) is 5.93. The molecular weight excluding hydrogens is 307 g/mol. The lowest BCUT2D eigenvalue weighted by Gasteiger charge is -2.31. The predicted octanol–water partition coefficient (Wildman–Crippen LogP) is 4.07. The number of ether oxygens (including phenoxy) is 1. The number of nitrogens with zero attached hydrogens (tertiary/aromatic N) is 1. The zero-order valence-corrected chi connectivity index (χ0v) is 14.7. The molecule has 2 N–H and O–H groups in total. The van der Waals surface area contributed by atoms with E-state index in [0.29, 0.717) is 28.9 Å². The van der Waals surface area contributed by atoms with Crippen LogP contribution in [0.2, 0.25) is 10.0 Å². The molecule has 0 bridgehead atoms. The van der Waals surface area contributed by atoms with E-state index < -0.39 is 0 Å². The van der Waals surface area contributed by atoms with Gasteiger partial charge in [0, 0.05) is 18.1 Å². The van der Waals surface area contributed by atoms with Crippen LogP contribution in [-0.4, -0.2) is 37.7 Å². The first kappa shape index (κ1) is 18.6. The molecule has 1 aromatic rings. The van der Waals surface area contributed by atoms with Crippen molar-refractivity contribution in [3.05, 3.63) is 28.2 Å². The number of hydrogen-bond acceptors (Lipinski definition) is 3. The maximum absolute atomic E-state index is 6.10. The molecule has 0 aliphatic heterocycles. The largest absolute Gasteiger partial charge is 0.491 e. The van der Waals surface area contributed by atoms with Gasteiger partial charge in [-0.15, -0.1) is 0 Å². The molecule has 21 heavy (non-hydrogen) atoms. The Morgan fingerprint density at radius 3 is 2.52 bits per heavy atom. The normalized spacial score (nSPS) is 12.0. The van der Waals surface area contributed by atoms with Gasteiger partial charge in [-0.25, -0.2) is 0 Å². The maximum Gasteiger partial charge on any atom is 0.138 e. The molecule has 0 unspecified atom stereocenters. The molecule has 0 radical (unpaired) electrons. The molecule has 0 fully saturated rings. The summed E-state index contributed by atoms with van der Waals surface area (Å²) in [5.74, 6) is 0.676. The highest BCUT2D eigenvalue weighted by Gasteiger charge is 2.19. The van der Waals surface area contributed by atoms with Crippen LogP contribution in [0.5, 0.6) is 5.75 Å². The molecule has 0 spiro atoms. The summed E-state index contributed by atoms with van der Waals surface area (Å²) in [6.07, 6.45) is 1.11. The lowest BCUT2D eigenvalue weighted by molar-refractivity contribution is 0.154. The first-order chi connectivity index (χ1) is 9.88. The summed E-state index contributed by atoms with van der Waals surface area (Å²) in [6.45, 7) is 10.7. The van der Waals surface area contributed by atoms with Crippen molar-refractivity contribution in [1.82, 2.24) is 4.90 Å². The van der Waals surface area contributed by atoms with Gasteiger partial charge in [-0.1, -0.05) is 44.0 Å². The summed E-state index contributed by atoms with van der Waals surface area (Å²) in [6, 6.07) is 5.28. The fourth-order valence-electron chi connectivity index (χ4n) is 2.13. The molecule has 0 atom stereocenters. The zero-order chi connectivity index (χ0) is 15.9. The van der Waals surface area contributed by atoms with Gasteiger partial charge in [0.05, 0.1) is 5.02 Å². The van der Waals surface area contributed by atoms with Crippen molar-refractivity contribution in [3.63, 3.8) is 0 Å². The molecular formula is C16H26Cl2N2O. The van der Waals surface area contributed by atoms with Crippen LogP contribution < -0.4 is 10.5 Å². The van der Waals surface area contributed by atoms with Crippen LogP contribution in [0.1, 0.15) is 27.2 Å². The smallest absolute Gasteiger partial charge is 0.138 e. The lowest BCUT2D eigenvalue weighted by Crippen LogP contribution is -2.40. The second-order valence-electron chi connectivity index (χ2n) is 6.07.